The summed E-state index contributed by atoms with van der Waals surface area (Å²) in [5.41, 5.74) is 4.50. The maximum Gasteiger partial charge on any atom is 0.307 e. The van der Waals surface area contributed by atoms with Gasteiger partial charge in [-0.15, -0.1) is 0 Å². The summed E-state index contributed by atoms with van der Waals surface area (Å²) in [6.07, 6.45) is 0.0564. The monoisotopic (exact) mass is 195 g/mol. The first-order valence-corrected chi connectivity index (χ1v) is 4.28. The van der Waals surface area contributed by atoms with Gasteiger partial charge < -0.3 is 9.94 Å². The normalized spacial score (nSPS) is 10.1. The minimum Gasteiger partial charge on any atom is -0.481 e. The van der Waals surface area contributed by atoms with E-state index in [1.54, 1.807) is 13.2 Å². The highest BCUT2D eigenvalue weighted by Gasteiger charge is 2.00. The molecule has 1 aromatic rings. The molecule has 0 fully saturated rings. The molecule has 0 aliphatic heterocycles. The van der Waals surface area contributed by atoms with Crippen molar-refractivity contribution in [2.24, 2.45) is 0 Å². The van der Waals surface area contributed by atoms with Crippen molar-refractivity contribution in [1.82, 2.24) is 5.48 Å². The van der Waals surface area contributed by atoms with Gasteiger partial charge in [0.25, 0.3) is 0 Å². The van der Waals surface area contributed by atoms with Crippen molar-refractivity contribution in [3.8, 4) is 0 Å². The maximum atomic E-state index is 10.5. The van der Waals surface area contributed by atoms with E-state index in [-0.39, 0.29) is 6.42 Å². The largest absolute Gasteiger partial charge is 0.481 e. The molecule has 76 valence electrons. The van der Waals surface area contributed by atoms with E-state index < -0.39 is 5.97 Å². The lowest BCUT2D eigenvalue weighted by Crippen LogP contribution is -2.11. The molecule has 0 saturated carbocycles. The predicted molar refractivity (Wildman–Crippen MR) is 51.6 cm³/mol. The molecule has 0 aliphatic carbocycles. The zero-order valence-corrected chi connectivity index (χ0v) is 7.99. The third-order valence-electron chi connectivity index (χ3n) is 1.77. The smallest absolute Gasteiger partial charge is 0.307 e. The van der Waals surface area contributed by atoms with E-state index in [1.807, 2.05) is 18.2 Å². The van der Waals surface area contributed by atoms with Crippen molar-refractivity contribution in [2.45, 2.75) is 13.0 Å². The lowest BCUT2D eigenvalue weighted by Gasteiger charge is -2.03. The van der Waals surface area contributed by atoms with Gasteiger partial charge >= 0.3 is 5.97 Å². The van der Waals surface area contributed by atoms with Crippen LogP contribution < -0.4 is 5.48 Å². The molecule has 2 N–H and O–H groups in total. The van der Waals surface area contributed by atoms with Gasteiger partial charge in [-0.2, -0.15) is 5.48 Å². The Labute approximate surface area is 82.5 Å². The summed E-state index contributed by atoms with van der Waals surface area (Å²) in [6, 6.07) is 7.40. The van der Waals surface area contributed by atoms with Crippen LogP contribution in [0, 0.1) is 0 Å². The number of carbonyl (C=O) groups is 1. The van der Waals surface area contributed by atoms with Crippen LogP contribution in [-0.2, 0) is 22.6 Å². The minimum absolute atomic E-state index is 0.0564. The van der Waals surface area contributed by atoms with Crippen LogP contribution in [0.15, 0.2) is 24.3 Å². The summed E-state index contributed by atoms with van der Waals surface area (Å²) in [5.74, 6) is -0.818. The van der Waals surface area contributed by atoms with E-state index in [9.17, 15) is 4.79 Å². The SMILES string of the molecule is CONCc1cccc(CC(=O)O)c1. The lowest BCUT2D eigenvalue weighted by atomic mass is 10.1. The first-order chi connectivity index (χ1) is 6.72. The Hall–Kier alpha value is -1.39. The number of carboxylic acid groups (broad SMARTS) is 1. The number of hydroxylamine groups is 1. The molecule has 14 heavy (non-hydrogen) atoms. The summed E-state index contributed by atoms with van der Waals surface area (Å²) >= 11 is 0. The van der Waals surface area contributed by atoms with Crippen LogP contribution in [0.3, 0.4) is 0 Å². The molecule has 0 unspecified atom stereocenters. The fourth-order valence-electron chi connectivity index (χ4n) is 1.18. The number of benzene rings is 1. The average molecular weight is 195 g/mol. The molecule has 0 heterocycles. The first-order valence-electron chi connectivity index (χ1n) is 4.28. The van der Waals surface area contributed by atoms with Gasteiger partial charge in [0.1, 0.15) is 0 Å². The van der Waals surface area contributed by atoms with Gasteiger partial charge in [0.05, 0.1) is 13.5 Å². The Bertz CT molecular complexity index is 312. The van der Waals surface area contributed by atoms with E-state index in [1.165, 1.54) is 0 Å². The van der Waals surface area contributed by atoms with Crippen LogP contribution in [0.25, 0.3) is 0 Å². The highest BCUT2D eigenvalue weighted by molar-refractivity contribution is 5.70. The van der Waals surface area contributed by atoms with E-state index in [0.717, 1.165) is 11.1 Å². The predicted octanol–water partition coefficient (Wildman–Crippen LogP) is 0.965. The second kappa shape index (κ2) is 5.36. The Morgan fingerprint density at radius 1 is 1.50 bits per heavy atom. The third-order valence-corrected chi connectivity index (χ3v) is 1.77. The van der Waals surface area contributed by atoms with Gasteiger partial charge in [-0.25, -0.2) is 0 Å². The number of carboxylic acids is 1. The molecule has 1 aromatic carbocycles. The zero-order valence-electron chi connectivity index (χ0n) is 7.99. The lowest BCUT2D eigenvalue weighted by molar-refractivity contribution is -0.136. The number of hydrogen-bond acceptors (Lipinski definition) is 3. The molecule has 0 bridgehead atoms. The molecule has 0 spiro atoms. The van der Waals surface area contributed by atoms with Crippen molar-refractivity contribution in [1.29, 1.82) is 0 Å². The van der Waals surface area contributed by atoms with E-state index in [0.29, 0.717) is 6.54 Å². The van der Waals surface area contributed by atoms with Crippen LogP contribution in [-0.4, -0.2) is 18.2 Å². The Balaban J connectivity index is 2.63. The van der Waals surface area contributed by atoms with Crippen molar-refractivity contribution >= 4 is 5.97 Å². The van der Waals surface area contributed by atoms with Crippen LogP contribution in [0.4, 0.5) is 0 Å². The van der Waals surface area contributed by atoms with Crippen molar-refractivity contribution in [3.05, 3.63) is 35.4 Å². The minimum atomic E-state index is -0.818. The molecule has 4 heteroatoms. The quantitative estimate of drug-likeness (QED) is 0.687. The maximum absolute atomic E-state index is 10.5. The molecular formula is C10H13NO3. The summed E-state index contributed by atoms with van der Waals surface area (Å²) < 4.78 is 0. The van der Waals surface area contributed by atoms with Gasteiger partial charge in [0.15, 0.2) is 0 Å². The molecule has 4 nitrogen and oxygen atoms in total. The number of nitrogens with one attached hydrogen (secondary N) is 1. The Morgan fingerprint density at radius 3 is 2.86 bits per heavy atom. The highest BCUT2D eigenvalue weighted by Crippen LogP contribution is 2.05. The summed E-state index contributed by atoms with van der Waals surface area (Å²) in [6.45, 7) is 0.573. The molecule has 0 saturated heterocycles. The van der Waals surface area contributed by atoms with E-state index in [4.69, 9.17) is 9.94 Å². The van der Waals surface area contributed by atoms with Gasteiger partial charge in [-0.05, 0) is 11.1 Å². The molecule has 1 rings (SSSR count). The van der Waals surface area contributed by atoms with Crippen LogP contribution in [0.1, 0.15) is 11.1 Å². The zero-order chi connectivity index (χ0) is 10.4. The van der Waals surface area contributed by atoms with E-state index in [2.05, 4.69) is 5.48 Å². The highest BCUT2D eigenvalue weighted by atomic mass is 16.6. The summed E-state index contributed by atoms with van der Waals surface area (Å²) in [7, 11) is 1.54. The van der Waals surface area contributed by atoms with Gasteiger partial charge in [0, 0.05) is 6.54 Å². The molecule has 0 aromatic heterocycles. The topological polar surface area (TPSA) is 58.6 Å². The van der Waals surface area contributed by atoms with Crippen molar-refractivity contribution in [3.63, 3.8) is 0 Å². The fraction of sp³-hybridized carbons (Fsp3) is 0.300. The Morgan fingerprint density at radius 2 is 2.21 bits per heavy atom. The van der Waals surface area contributed by atoms with Gasteiger partial charge in [-0.3, -0.25) is 4.79 Å². The second-order valence-electron chi connectivity index (χ2n) is 2.92. The van der Waals surface area contributed by atoms with Crippen LogP contribution in [0.2, 0.25) is 0 Å². The fourth-order valence-corrected chi connectivity index (χ4v) is 1.18. The van der Waals surface area contributed by atoms with E-state index >= 15 is 0 Å². The number of aliphatic carboxylic acids is 1. The standard InChI is InChI=1S/C10H13NO3/c1-14-11-7-9-4-2-3-8(5-9)6-10(12)13/h2-5,11H,6-7H2,1H3,(H,12,13). The van der Waals surface area contributed by atoms with Crippen LogP contribution >= 0.6 is 0 Å². The third kappa shape index (κ3) is 3.55. The van der Waals surface area contributed by atoms with Crippen LogP contribution in [0.5, 0.6) is 0 Å². The number of hydrogen-bond donors (Lipinski definition) is 2. The van der Waals surface area contributed by atoms with Crippen molar-refractivity contribution in [2.75, 3.05) is 7.11 Å². The Kier molecular flexibility index (Phi) is 4.10. The molecule has 0 radical (unpaired) electrons. The summed E-state index contributed by atoms with van der Waals surface area (Å²) in [5, 5.41) is 8.59. The molecule has 0 aliphatic rings. The van der Waals surface area contributed by atoms with Crippen molar-refractivity contribution < 1.29 is 14.7 Å². The van der Waals surface area contributed by atoms with Gasteiger partial charge in [0.2, 0.25) is 0 Å². The molecular weight excluding hydrogens is 182 g/mol. The molecule has 0 amide bonds. The first kappa shape index (κ1) is 10.7. The number of rotatable bonds is 5. The summed E-state index contributed by atoms with van der Waals surface area (Å²) in [4.78, 5) is 15.2. The average Bonchev–Trinajstić information content (AvgIpc) is 2.14. The van der Waals surface area contributed by atoms with Gasteiger partial charge in [-0.1, -0.05) is 24.3 Å². The molecule has 0 atom stereocenters. The second-order valence-corrected chi connectivity index (χ2v) is 2.92.